The summed E-state index contributed by atoms with van der Waals surface area (Å²) in [5, 5.41) is 9.23. The van der Waals surface area contributed by atoms with Crippen LogP contribution in [0.25, 0.3) is 0 Å². The highest BCUT2D eigenvalue weighted by molar-refractivity contribution is 7.87. The summed E-state index contributed by atoms with van der Waals surface area (Å²) in [6.07, 6.45) is 0.148. The van der Waals surface area contributed by atoms with Crippen LogP contribution in [0.1, 0.15) is 18.0 Å². The number of hydrogen-bond acceptors (Lipinski definition) is 5. The highest BCUT2D eigenvalue weighted by atomic mass is 35.5. The van der Waals surface area contributed by atoms with Gasteiger partial charge in [-0.15, -0.1) is 0 Å². The Kier molecular flexibility index (Phi) is 7.62. The molecule has 1 saturated heterocycles. The molecule has 0 saturated carbocycles. The van der Waals surface area contributed by atoms with Crippen molar-refractivity contribution in [1.82, 2.24) is 13.9 Å². The molecule has 0 aromatic heterocycles. The second kappa shape index (κ2) is 9.48. The monoisotopic (exact) mass is 386 g/mol. The van der Waals surface area contributed by atoms with Gasteiger partial charge in [0.2, 0.25) is 0 Å². The maximum atomic E-state index is 12.4. The van der Waals surface area contributed by atoms with Crippen LogP contribution in [0.4, 0.5) is 0 Å². The fourth-order valence-corrected chi connectivity index (χ4v) is 3.87. The van der Waals surface area contributed by atoms with Gasteiger partial charge in [0.1, 0.15) is 0 Å². The van der Waals surface area contributed by atoms with Crippen LogP contribution in [0, 0.1) is 11.3 Å². The molecule has 0 spiro atoms. The Morgan fingerprint density at radius 3 is 2.72 bits per heavy atom. The minimum absolute atomic E-state index is 0.148. The van der Waals surface area contributed by atoms with Crippen molar-refractivity contribution in [2.45, 2.75) is 12.5 Å². The SMILES string of the molecule is CN(CCC#N)S(=O)(=O)NCC(c1ccccc1Cl)N1CCOCC1. The molecule has 25 heavy (non-hydrogen) atoms. The van der Waals surface area contributed by atoms with Crippen LogP contribution in [0.2, 0.25) is 5.02 Å². The number of halogens is 1. The lowest BCUT2D eigenvalue weighted by atomic mass is 10.0. The molecule has 1 atom stereocenters. The van der Waals surface area contributed by atoms with Crippen LogP contribution in [-0.4, -0.2) is 64.1 Å². The maximum Gasteiger partial charge on any atom is 0.279 e. The van der Waals surface area contributed by atoms with Gasteiger partial charge in [-0.25, -0.2) is 4.72 Å². The molecule has 1 aliphatic heterocycles. The van der Waals surface area contributed by atoms with Crippen LogP contribution < -0.4 is 4.72 Å². The van der Waals surface area contributed by atoms with Crippen molar-refractivity contribution in [1.29, 1.82) is 5.26 Å². The largest absolute Gasteiger partial charge is 0.379 e. The molecule has 1 unspecified atom stereocenters. The van der Waals surface area contributed by atoms with Crippen molar-refractivity contribution in [3.05, 3.63) is 34.9 Å². The Bertz CT molecular complexity index is 702. The Labute approximate surface area is 154 Å². The van der Waals surface area contributed by atoms with Crippen molar-refractivity contribution >= 4 is 21.8 Å². The van der Waals surface area contributed by atoms with E-state index in [4.69, 9.17) is 21.6 Å². The highest BCUT2D eigenvalue weighted by Gasteiger charge is 2.27. The van der Waals surface area contributed by atoms with Gasteiger partial charge in [0.15, 0.2) is 0 Å². The highest BCUT2D eigenvalue weighted by Crippen LogP contribution is 2.28. The van der Waals surface area contributed by atoms with Crippen molar-refractivity contribution in [2.24, 2.45) is 0 Å². The summed E-state index contributed by atoms with van der Waals surface area (Å²) in [7, 11) is -2.20. The van der Waals surface area contributed by atoms with Gasteiger partial charge in [0, 0.05) is 44.7 Å². The summed E-state index contributed by atoms with van der Waals surface area (Å²) < 4.78 is 33.9. The molecular formula is C16H23ClN4O3S. The van der Waals surface area contributed by atoms with Crippen LogP contribution >= 0.6 is 11.6 Å². The fourth-order valence-electron chi connectivity index (χ4n) is 2.69. The lowest BCUT2D eigenvalue weighted by molar-refractivity contribution is 0.0171. The molecule has 1 aromatic carbocycles. The zero-order valence-electron chi connectivity index (χ0n) is 14.2. The maximum absolute atomic E-state index is 12.4. The number of nitrogens with one attached hydrogen (secondary N) is 1. The molecule has 0 radical (unpaired) electrons. The summed E-state index contributed by atoms with van der Waals surface area (Å²) in [6.45, 7) is 2.98. The average Bonchev–Trinajstić information content (AvgIpc) is 2.62. The first kappa shape index (κ1) is 20.1. The van der Waals surface area contributed by atoms with E-state index in [0.29, 0.717) is 31.3 Å². The number of nitriles is 1. The first-order chi connectivity index (χ1) is 12.0. The number of nitrogens with zero attached hydrogens (tertiary/aromatic N) is 3. The van der Waals surface area contributed by atoms with Crippen molar-refractivity contribution in [3.63, 3.8) is 0 Å². The number of ether oxygens (including phenoxy) is 1. The Balaban J connectivity index is 2.14. The third-order valence-corrected chi connectivity index (χ3v) is 6.04. The zero-order valence-corrected chi connectivity index (χ0v) is 15.8. The lowest BCUT2D eigenvalue weighted by Crippen LogP contribution is -2.46. The second-order valence-electron chi connectivity index (χ2n) is 5.77. The molecular weight excluding hydrogens is 364 g/mol. The van der Waals surface area contributed by atoms with Gasteiger partial charge in [0.25, 0.3) is 10.2 Å². The predicted molar refractivity (Wildman–Crippen MR) is 96.4 cm³/mol. The molecule has 1 fully saturated rings. The molecule has 1 aliphatic rings. The second-order valence-corrected chi connectivity index (χ2v) is 8.04. The summed E-state index contributed by atoms with van der Waals surface area (Å²) in [4.78, 5) is 2.17. The molecule has 9 heteroatoms. The van der Waals surface area contributed by atoms with Gasteiger partial charge < -0.3 is 4.74 Å². The van der Waals surface area contributed by atoms with Crippen LogP contribution in [0.5, 0.6) is 0 Å². The molecule has 2 rings (SSSR count). The predicted octanol–water partition coefficient (Wildman–Crippen LogP) is 1.39. The molecule has 1 heterocycles. The van der Waals surface area contributed by atoms with E-state index in [2.05, 4.69) is 9.62 Å². The van der Waals surface area contributed by atoms with E-state index in [1.54, 1.807) is 6.07 Å². The molecule has 0 bridgehead atoms. The standard InChI is InChI=1S/C16H23ClN4O3S/c1-20(8-4-7-18)25(22,23)19-13-16(21-9-11-24-12-10-21)14-5-2-3-6-15(14)17/h2-3,5-6,16,19H,4,8-13H2,1H3. The molecule has 0 aliphatic carbocycles. The molecule has 7 nitrogen and oxygen atoms in total. The summed E-state index contributed by atoms with van der Waals surface area (Å²) in [5.41, 5.74) is 0.883. The Morgan fingerprint density at radius 1 is 1.40 bits per heavy atom. The van der Waals surface area contributed by atoms with E-state index in [9.17, 15) is 8.42 Å². The number of rotatable bonds is 8. The quantitative estimate of drug-likeness (QED) is 0.729. The summed E-state index contributed by atoms with van der Waals surface area (Å²) in [6, 6.07) is 9.22. The third-order valence-electron chi connectivity index (χ3n) is 4.16. The lowest BCUT2D eigenvalue weighted by Gasteiger charge is -2.35. The number of benzene rings is 1. The van der Waals surface area contributed by atoms with E-state index >= 15 is 0 Å². The molecule has 1 N–H and O–H groups in total. The minimum Gasteiger partial charge on any atom is -0.379 e. The summed E-state index contributed by atoms with van der Waals surface area (Å²) >= 11 is 6.34. The van der Waals surface area contributed by atoms with E-state index in [-0.39, 0.29) is 25.6 Å². The van der Waals surface area contributed by atoms with Crippen molar-refractivity contribution in [2.75, 3.05) is 46.4 Å². The Hall–Kier alpha value is -1.21. The van der Waals surface area contributed by atoms with E-state index in [0.717, 1.165) is 9.87 Å². The van der Waals surface area contributed by atoms with Crippen LogP contribution in [-0.2, 0) is 14.9 Å². The zero-order chi connectivity index (χ0) is 18.3. The topological polar surface area (TPSA) is 85.7 Å². The minimum atomic E-state index is -3.66. The van der Waals surface area contributed by atoms with E-state index in [1.807, 2.05) is 24.3 Å². The Morgan fingerprint density at radius 2 is 2.08 bits per heavy atom. The van der Waals surface area contributed by atoms with Gasteiger partial charge in [0.05, 0.1) is 25.3 Å². The average molecular weight is 387 g/mol. The number of morpholine rings is 1. The third kappa shape index (κ3) is 5.64. The van der Waals surface area contributed by atoms with Crippen molar-refractivity contribution < 1.29 is 13.2 Å². The van der Waals surface area contributed by atoms with Gasteiger partial charge in [-0.1, -0.05) is 29.8 Å². The van der Waals surface area contributed by atoms with Gasteiger partial charge in [-0.3, -0.25) is 4.90 Å². The fraction of sp³-hybridized carbons (Fsp3) is 0.562. The normalized spacial score (nSPS) is 17.4. The van der Waals surface area contributed by atoms with Gasteiger partial charge >= 0.3 is 0 Å². The van der Waals surface area contributed by atoms with Crippen LogP contribution in [0.3, 0.4) is 0 Å². The summed E-state index contributed by atoms with van der Waals surface area (Å²) in [5.74, 6) is 0. The first-order valence-corrected chi connectivity index (χ1v) is 9.91. The molecule has 0 amide bonds. The van der Waals surface area contributed by atoms with Gasteiger partial charge in [-0.05, 0) is 11.6 Å². The van der Waals surface area contributed by atoms with E-state index < -0.39 is 10.2 Å². The first-order valence-electron chi connectivity index (χ1n) is 8.10. The van der Waals surface area contributed by atoms with Crippen molar-refractivity contribution in [3.8, 4) is 6.07 Å². The van der Waals surface area contributed by atoms with Gasteiger partial charge in [-0.2, -0.15) is 18.0 Å². The molecule has 1 aromatic rings. The number of hydrogen-bond donors (Lipinski definition) is 1. The van der Waals surface area contributed by atoms with E-state index in [1.165, 1.54) is 7.05 Å². The van der Waals surface area contributed by atoms with Crippen LogP contribution in [0.15, 0.2) is 24.3 Å². The smallest absolute Gasteiger partial charge is 0.279 e. The molecule has 138 valence electrons.